The van der Waals surface area contributed by atoms with E-state index in [0.29, 0.717) is 76.1 Å². The number of nitrogens with zero attached hydrogens (tertiary/aromatic N) is 1. The summed E-state index contributed by atoms with van der Waals surface area (Å²) in [5.41, 5.74) is 2.23. The molecular weight excluding hydrogens is 1200 g/mol. The third kappa shape index (κ3) is 16.5. The summed E-state index contributed by atoms with van der Waals surface area (Å²) in [5, 5.41) is 36.4. The number of ether oxygens (including phenoxy) is 14. The third-order valence-corrected chi connectivity index (χ3v) is 19.0. The van der Waals surface area contributed by atoms with Gasteiger partial charge in [0.05, 0.1) is 81.5 Å². The second-order valence-corrected chi connectivity index (χ2v) is 25.4. The molecule has 4 fully saturated rings. The Balaban J connectivity index is 0.000000303. The molecule has 2 aromatic carbocycles. The number of carbonyl (C=O) groups is 1. The Hall–Kier alpha value is -4.97. The molecule has 92 heavy (non-hydrogen) atoms. The molecule has 19 nitrogen and oxygen atoms in total. The number of aliphatic hydroxyl groups excluding tert-OH is 2. The van der Waals surface area contributed by atoms with E-state index in [4.69, 9.17) is 66.3 Å². The van der Waals surface area contributed by atoms with E-state index in [1.54, 1.807) is 40.2 Å². The molecule has 1 aliphatic carbocycles. The summed E-state index contributed by atoms with van der Waals surface area (Å²) in [7, 11) is 3.22. The number of aliphatic hydroxyl groups is 3. The van der Waals surface area contributed by atoms with Crippen LogP contribution in [0.1, 0.15) is 133 Å². The Morgan fingerprint density at radius 2 is 1.41 bits per heavy atom. The van der Waals surface area contributed by atoms with Crippen molar-refractivity contribution in [2.24, 2.45) is 23.7 Å². The van der Waals surface area contributed by atoms with Gasteiger partial charge in [-0.2, -0.15) is 0 Å². The standard InChI is InChI=1S/C48H72O14.C24H29NO4.ClH/c1-11-25(2)43-28(5)17-18-47(62-43)23-34-20-33(61-47)16-15-27(4)42(26(3)13-12-14-32-24-55-45-40(49)29(6)19-35(46(51)58-34)48(32,45)52)59-39-22-37(54-10)44(31(8)57-39)60-38-21-36(53-9)41(50)30(7)56-38;1-5-26-21-10-9-17(14-22(21)27-6-2)13-20-19-16-24(29-8-4)23(28-7-3)15-18(19)11-12-25-20;/h12-15,17-19,25-26,28,30-31,33-45,49-50,52H,11,16,20-24H2,1-10H3;9-12,14-16H,5-8,13H2,1-4H3;1H. The zero-order valence-corrected chi connectivity index (χ0v) is 57.1. The topological polar surface area (TPSA) is 220 Å². The van der Waals surface area contributed by atoms with Gasteiger partial charge >= 0.3 is 5.97 Å². The molecule has 7 aliphatic rings. The van der Waals surface area contributed by atoms with E-state index in [9.17, 15) is 20.1 Å². The second kappa shape index (κ2) is 32.6. The van der Waals surface area contributed by atoms with E-state index < -0.39 is 90.8 Å². The molecule has 7 heterocycles. The van der Waals surface area contributed by atoms with Crippen molar-refractivity contribution in [3.63, 3.8) is 0 Å². The molecule has 0 radical (unpaired) electrons. The molecule has 20 atom stereocenters. The first-order chi connectivity index (χ1) is 43.7. The minimum atomic E-state index is -1.84. The van der Waals surface area contributed by atoms with Crippen LogP contribution in [0.3, 0.4) is 0 Å². The number of methoxy groups -OCH3 is 2. The summed E-state index contributed by atoms with van der Waals surface area (Å²) in [6.45, 7) is 26.3. The molecule has 1 spiro atoms. The predicted molar refractivity (Wildman–Crippen MR) is 350 cm³/mol. The third-order valence-electron chi connectivity index (χ3n) is 19.0. The monoisotopic (exact) mass is 1300 g/mol. The fraction of sp³-hybridized carbons (Fsp3) is 0.639. The molecule has 20 unspecified atom stereocenters. The fourth-order valence-corrected chi connectivity index (χ4v) is 13.9. The van der Waals surface area contributed by atoms with Crippen molar-refractivity contribution in [1.82, 2.24) is 4.98 Å². The van der Waals surface area contributed by atoms with E-state index in [2.05, 4.69) is 50.9 Å². The number of halogens is 1. The number of fused-ring (bicyclic) bond motifs is 3. The number of esters is 1. The van der Waals surface area contributed by atoms with E-state index in [1.165, 1.54) is 0 Å². The molecule has 1 aromatic heterocycles. The number of carbonyl (C=O) groups excluding carboxylic acids is 1. The Kier molecular flexibility index (Phi) is 25.9. The first-order valence-electron chi connectivity index (χ1n) is 33.1. The normalized spacial score (nSPS) is 35.0. The van der Waals surface area contributed by atoms with Crippen molar-refractivity contribution in [2.45, 2.75) is 225 Å². The maximum absolute atomic E-state index is 14.3. The van der Waals surface area contributed by atoms with Gasteiger partial charge in [-0.05, 0) is 132 Å². The van der Waals surface area contributed by atoms with Crippen LogP contribution in [0.25, 0.3) is 10.8 Å². The lowest BCUT2D eigenvalue weighted by molar-refractivity contribution is -0.318. The van der Waals surface area contributed by atoms with Crippen LogP contribution in [0.15, 0.2) is 102 Å². The quantitative estimate of drug-likeness (QED) is 0.0796. The maximum Gasteiger partial charge on any atom is 0.316 e. The highest BCUT2D eigenvalue weighted by Crippen LogP contribution is 2.48. The summed E-state index contributed by atoms with van der Waals surface area (Å²) in [6, 6.07) is 12.1. The molecule has 3 N–H and O–H groups in total. The van der Waals surface area contributed by atoms with Crippen molar-refractivity contribution in [3.05, 3.63) is 113 Å². The van der Waals surface area contributed by atoms with Gasteiger partial charge in [0.15, 0.2) is 41.4 Å². The van der Waals surface area contributed by atoms with Crippen LogP contribution < -0.4 is 18.9 Å². The van der Waals surface area contributed by atoms with Gasteiger partial charge in [-0.25, -0.2) is 0 Å². The van der Waals surface area contributed by atoms with Gasteiger partial charge in [0.25, 0.3) is 0 Å². The van der Waals surface area contributed by atoms with Gasteiger partial charge in [0.1, 0.15) is 42.0 Å². The Morgan fingerprint density at radius 1 is 0.750 bits per heavy atom. The highest BCUT2D eigenvalue weighted by Gasteiger charge is 2.60. The van der Waals surface area contributed by atoms with Crippen LogP contribution >= 0.6 is 12.4 Å². The van der Waals surface area contributed by atoms with Crippen LogP contribution in [-0.2, 0) is 58.6 Å². The summed E-state index contributed by atoms with van der Waals surface area (Å²) < 4.78 is 86.7. The highest BCUT2D eigenvalue weighted by atomic mass is 35.5. The molecule has 2 bridgehead atoms. The van der Waals surface area contributed by atoms with Gasteiger partial charge in [0, 0.05) is 69.7 Å². The SMILES string of the molecule is CCC(C)C1OC2(C=CC1C)CC1CC(CC=C(C)C(OC3CC(OC)C(OC4CC(OC)C(O)C(C)O4)C(C)O3)C(C)C=CC=C3COC4C(O)C(C)=CC(C(=O)O1)C34O)O2.CCOc1ccc(Cc2nccc3cc(OCC)c(OCC)cc23)cc1OCC.Cl. The molecule has 4 saturated heterocycles. The zero-order chi connectivity index (χ0) is 65.3. The number of benzene rings is 2. The minimum Gasteiger partial charge on any atom is -0.490 e. The van der Waals surface area contributed by atoms with E-state index in [1.807, 2.05) is 96.3 Å². The van der Waals surface area contributed by atoms with Crippen molar-refractivity contribution in [3.8, 4) is 23.0 Å². The molecular formula is C72H102ClNO18. The number of rotatable bonds is 18. The minimum absolute atomic E-state index is 0. The smallest absolute Gasteiger partial charge is 0.316 e. The Morgan fingerprint density at radius 3 is 2.11 bits per heavy atom. The molecule has 6 aliphatic heterocycles. The number of hydrogen-bond acceptors (Lipinski definition) is 19. The van der Waals surface area contributed by atoms with E-state index >= 15 is 0 Å². The first-order valence-corrected chi connectivity index (χ1v) is 33.1. The molecule has 0 saturated carbocycles. The average Bonchev–Trinajstić information content (AvgIpc) is 1.50. The second-order valence-electron chi connectivity index (χ2n) is 25.4. The van der Waals surface area contributed by atoms with Crippen molar-refractivity contribution in [2.75, 3.05) is 47.3 Å². The van der Waals surface area contributed by atoms with Gasteiger partial charge in [-0.15, -0.1) is 12.4 Å². The lowest BCUT2D eigenvalue weighted by Gasteiger charge is -2.48. The molecule has 10 rings (SSSR count). The molecule has 20 heteroatoms. The van der Waals surface area contributed by atoms with E-state index in [-0.39, 0.29) is 55.1 Å². The lowest BCUT2D eigenvalue weighted by Crippen LogP contribution is -2.58. The van der Waals surface area contributed by atoms with Gasteiger partial charge in [0.2, 0.25) is 0 Å². The largest absolute Gasteiger partial charge is 0.490 e. The number of aromatic nitrogens is 1. The Labute approximate surface area is 550 Å². The number of hydrogen-bond donors (Lipinski definition) is 3. The van der Waals surface area contributed by atoms with Crippen LogP contribution in [-0.4, -0.2) is 171 Å². The maximum atomic E-state index is 14.3. The van der Waals surface area contributed by atoms with E-state index in [0.717, 1.165) is 57.0 Å². The Bertz CT molecular complexity index is 3080. The van der Waals surface area contributed by atoms with Crippen LogP contribution in [0.2, 0.25) is 0 Å². The predicted octanol–water partition coefficient (Wildman–Crippen LogP) is 11.2. The van der Waals surface area contributed by atoms with Crippen LogP contribution in [0, 0.1) is 23.7 Å². The molecule has 510 valence electrons. The average molecular weight is 1310 g/mol. The highest BCUT2D eigenvalue weighted by molar-refractivity contribution is 5.88. The molecule has 0 amide bonds. The number of allylic oxidation sites excluding steroid dienone is 2. The summed E-state index contributed by atoms with van der Waals surface area (Å²) >= 11 is 0. The number of pyridine rings is 1. The van der Waals surface area contributed by atoms with Crippen LogP contribution in [0.5, 0.6) is 23.0 Å². The van der Waals surface area contributed by atoms with Crippen molar-refractivity contribution >= 4 is 29.1 Å². The summed E-state index contributed by atoms with van der Waals surface area (Å²) in [4.78, 5) is 19.0. The van der Waals surface area contributed by atoms with Crippen LogP contribution in [0.4, 0.5) is 0 Å². The van der Waals surface area contributed by atoms with Gasteiger partial charge in [-0.3, -0.25) is 9.78 Å². The van der Waals surface area contributed by atoms with Gasteiger partial charge in [-0.1, -0.05) is 76.6 Å². The fourth-order valence-electron chi connectivity index (χ4n) is 13.9. The summed E-state index contributed by atoms with van der Waals surface area (Å²) in [5.74, 6) is 0.479. The molecule has 3 aromatic rings. The van der Waals surface area contributed by atoms with Crippen molar-refractivity contribution < 1.29 is 86.4 Å². The first kappa shape index (κ1) is 72.9. The van der Waals surface area contributed by atoms with Gasteiger partial charge < -0.3 is 81.6 Å². The lowest BCUT2D eigenvalue weighted by atomic mass is 9.71. The summed E-state index contributed by atoms with van der Waals surface area (Å²) in [6.07, 6.45) is 11.1. The van der Waals surface area contributed by atoms with Crippen molar-refractivity contribution in [1.29, 1.82) is 0 Å². The zero-order valence-electron chi connectivity index (χ0n) is 56.3.